The lowest BCUT2D eigenvalue weighted by molar-refractivity contribution is -0.114. The minimum absolute atomic E-state index is 0.0651. The van der Waals surface area contributed by atoms with E-state index in [4.69, 9.17) is 4.98 Å². The maximum absolute atomic E-state index is 13.6. The molecule has 0 bridgehead atoms. The van der Waals surface area contributed by atoms with Gasteiger partial charge in [-0.05, 0) is 50.2 Å². The van der Waals surface area contributed by atoms with E-state index in [2.05, 4.69) is 17.1 Å². The number of anilines is 1. The van der Waals surface area contributed by atoms with Crippen molar-refractivity contribution in [2.24, 2.45) is 0 Å². The van der Waals surface area contributed by atoms with Gasteiger partial charge in [-0.3, -0.25) is 14.5 Å². The van der Waals surface area contributed by atoms with Gasteiger partial charge >= 0.3 is 0 Å². The number of nitrogens with one attached hydrogen (secondary N) is 1. The Morgan fingerprint density at radius 3 is 2.38 bits per heavy atom. The molecule has 1 aliphatic heterocycles. The first-order chi connectivity index (χ1) is 15.4. The maximum atomic E-state index is 13.6. The Kier molecular flexibility index (Phi) is 6.51. The fraction of sp³-hybridized carbons (Fsp3) is 0.346. The van der Waals surface area contributed by atoms with Gasteiger partial charge in [-0.25, -0.2) is 4.98 Å². The van der Waals surface area contributed by atoms with Crippen LogP contribution in [0.3, 0.4) is 0 Å². The quantitative estimate of drug-likeness (QED) is 0.654. The van der Waals surface area contributed by atoms with E-state index in [1.54, 1.807) is 0 Å². The number of fused-ring (bicyclic) bond motifs is 1. The van der Waals surface area contributed by atoms with Crippen LogP contribution in [-0.4, -0.2) is 59.3 Å². The molecule has 1 N–H and O–H groups in total. The van der Waals surface area contributed by atoms with Gasteiger partial charge in [0.25, 0.3) is 5.91 Å². The Hall–Kier alpha value is -3.25. The smallest absolute Gasteiger partial charge is 0.254 e. The van der Waals surface area contributed by atoms with Crippen molar-refractivity contribution < 1.29 is 9.59 Å². The summed E-state index contributed by atoms with van der Waals surface area (Å²) in [7, 11) is 0. The predicted molar refractivity (Wildman–Crippen MR) is 129 cm³/mol. The second-order valence-electron chi connectivity index (χ2n) is 8.47. The molecule has 4 rings (SSSR count). The summed E-state index contributed by atoms with van der Waals surface area (Å²) >= 11 is 0. The molecule has 1 aromatic heterocycles. The largest absolute Gasteiger partial charge is 0.336 e. The minimum atomic E-state index is -0.108. The molecule has 1 aliphatic rings. The molecule has 1 fully saturated rings. The predicted octanol–water partition coefficient (Wildman–Crippen LogP) is 4.34. The SMILES string of the molecule is CCCN1CCN(C(=O)c2cc(-c3ccc(NC(C)=O)cc3)nc3ccc(C)cc23)CC1. The Labute approximate surface area is 189 Å². The van der Waals surface area contributed by atoms with Crippen LogP contribution in [-0.2, 0) is 4.79 Å². The molecule has 0 saturated carbocycles. The number of amides is 2. The molecule has 0 aliphatic carbocycles. The van der Waals surface area contributed by atoms with E-state index in [1.165, 1.54) is 6.92 Å². The summed E-state index contributed by atoms with van der Waals surface area (Å²) in [5.74, 6) is -0.0425. The van der Waals surface area contributed by atoms with Crippen molar-refractivity contribution in [2.45, 2.75) is 27.2 Å². The number of hydrogen-bond acceptors (Lipinski definition) is 4. The number of carbonyl (C=O) groups is 2. The number of aryl methyl sites for hydroxylation is 1. The van der Waals surface area contributed by atoms with Crippen molar-refractivity contribution in [3.05, 3.63) is 59.7 Å². The van der Waals surface area contributed by atoms with Crippen molar-refractivity contribution >= 4 is 28.4 Å². The van der Waals surface area contributed by atoms with Crippen LogP contribution >= 0.6 is 0 Å². The lowest BCUT2D eigenvalue weighted by Gasteiger charge is -2.34. The van der Waals surface area contributed by atoms with E-state index >= 15 is 0 Å². The molecule has 0 unspecified atom stereocenters. The fourth-order valence-electron chi connectivity index (χ4n) is 4.25. The number of pyridine rings is 1. The van der Waals surface area contributed by atoms with Crippen LogP contribution in [0.25, 0.3) is 22.2 Å². The number of piperazine rings is 1. The zero-order chi connectivity index (χ0) is 22.7. The monoisotopic (exact) mass is 430 g/mol. The molecule has 1 saturated heterocycles. The number of nitrogens with zero attached hydrogens (tertiary/aromatic N) is 3. The third-order valence-electron chi connectivity index (χ3n) is 5.89. The second-order valence-corrected chi connectivity index (χ2v) is 8.47. The number of benzene rings is 2. The molecule has 2 amide bonds. The summed E-state index contributed by atoms with van der Waals surface area (Å²) in [5.41, 5.74) is 5.01. The molecular weight excluding hydrogens is 400 g/mol. The lowest BCUT2D eigenvalue weighted by atomic mass is 10.0. The molecule has 6 nitrogen and oxygen atoms in total. The van der Waals surface area contributed by atoms with Gasteiger partial charge in [0.15, 0.2) is 0 Å². The molecule has 0 radical (unpaired) electrons. The van der Waals surface area contributed by atoms with Crippen LogP contribution in [0.2, 0.25) is 0 Å². The van der Waals surface area contributed by atoms with Gasteiger partial charge in [0.05, 0.1) is 16.8 Å². The number of aromatic nitrogens is 1. The lowest BCUT2D eigenvalue weighted by Crippen LogP contribution is -2.48. The number of hydrogen-bond donors (Lipinski definition) is 1. The van der Waals surface area contributed by atoms with E-state index in [1.807, 2.05) is 60.4 Å². The molecule has 3 aromatic rings. The highest BCUT2D eigenvalue weighted by Crippen LogP contribution is 2.28. The number of rotatable bonds is 5. The van der Waals surface area contributed by atoms with E-state index in [9.17, 15) is 9.59 Å². The number of carbonyl (C=O) groups excluding carboxylic acids is 2. The van der Waals surface area contributed by atoms with Gasteiger partial charge in [0, 0.05) is 49.7 Å². The minimum Gasteiger partial charge on any atom is -0.336 e. The molecule has 6 heteroatoms. The molecule has 2 aromatic carbocycles. The van der Waals surface area contributed by atoms with Crippen molar-refractivity contribution in [3.63, 3.8) is 0 Å². The highest BCUT2D eigenvalue weighted by Gasteiger charge is 2.24. The first kappa shape index (κ1) is 22.0. The Morgan fingerprint density at radius 2 is 1.72 bits per heavy atom. The van der Waals surface area contributed by atoms with E-state index < -0.39 is 0 Å². The van der Waals surface area contributed by atoms with Crippen LogP contribution in [0.5, 0.6) is 0 Å². The standard InChI is InChI=1S/C26H30N4O2/c1-4-11-29-12-14-30(15-13-29)26(32)23-17-25(28-24-10-5-18(2)16-22(23)24)20-6-8-21(9-7-20)27-19(3)31/h5-10,16-17H,4,11-15H2,1-3H3,(H,27,31). The maximum Gasteiger partial charge on any atom is 0.254 e. The van der Waals surface area contributed by atoms with Crippen LogP contribution in [0.15, 0.2) is 48.5 Å². The molecule has 2 heterocycles. The van der Waals surface area contributed by atoms with Crippen LogP contribution in [0.4, 0.5) is 5.69 Å². The van der Waals surface area contributed by atoms with E-state index in [-0.39, 0.29) is 11.8 Å². The van der Waals surface area contributed by atoms with Crippen molar-refractivity contribution in [2.75, 3.05) is 38.0 Å². The molecule has 0 atom stereocenters. The first-order valence-electron chi connectivity index (χ1n) is 11.3. The summed E-state index contributed by atoms with van der Waals surface area (Å²) in [5, 5.41) is 3.67. The first-order valence-corrected chi connectivity index (χ1v) is 11.3. The van der Waals surface area contributed by atoms with Gasteiger partial charge in [-0.15, -0.1) is 0 Å². The van der Waals surface area contributed by atoms with Gasteiger partial charge in [-0.1, -0.05) is 30.7 Å². The highest BCUT2D eigenvalue weighted by molar-refractivity contribution is 6.07. The van der Waals surface area contributed by atoms with Gasteiger partial charge in [-0.2, -0.15) is 0 Å². The zero-order valence-electron chi connectivity index (χ0n) is 19.0. The Bertz CT molecular complexity index is 1130. The summed E-state index contributed by atoms with van der Waals surface area (Å²) in [4.78, 5) is 34.1. The van der Waals surface area contributed by atoms with Crippen molar-refractivity contribution in [3.8, 4) is 11.3 Å². The average Bonchev–Trinajstić information content (AvgIpc) is 2.79. The Morgan fingerprint density at radius 1 is 1.00 bits per heavy atom. The van der Waals surface area contributed by atoms with Crippen LogP contribution in [0.1, 0.15) is 36.2 Å². The molecular formula is C26H30N4O2. The third-order valence-corrected chi connectivity index (χ3v) is 5.89. The summed E-state index contributed by atoms with van der Waals surface area (Å²) in [6.45, 7) is 10.1. The van der Waals surface area contributed by atoms with E-state index in [0.717, 1.165) is 72.6 Å². The molecule has 32 heavy (non-hydrogen) atoms. The third kappa shape index (κ3) is 4.81. The average molecular weight is 431 g/mol. The van der Waals surface area contributed by atoms with Crippen molar-refractivity contribution in [1.29, 1.82) is 0 Å². The van der Waals surface area contributed by atoms with Gasteiger partial charge < -0.3 is 10.2 Å². The normalized spacial score (nSPS) is 14.5. The highest BCUT2D eigenvalue weighted by atomic mass is 16.2. The van der Waals surface area contributed by atoms with Gasteiger partial charge in [0.2, 0.25) is 5.91 Å². The molecule has 0 spiro atoms. The summed E-state index contributed by atoms with van der Waals surface area (Å²) in [6.07, 6.45) is 1.13. The van der Waals surface area contributed by atoms with Gasteiger partial charge in [0.1, 0.15) is 0 Å². The summed E-state index contributed by atoms with van der Waals surface area (Å²) in [6, 6.07) is 15.5. The topological polar surface area (TPSA) is 65.5 Å². The fourth-order valence-corrected chi connectivity index (χ4v) is 4.25. The van der Waals surface area contributed by atoms with Crippen LogP contribution < -0.4 is 5.32 Å². The van der Waals surface area contributed by atoms with Crippen LogP contribution in [0, 0.1) is 6.92 Å². The van der Waals surface area contributed by atoms with E-state index in [0.29, 0.717) is 5.56 Å². The summed E-state index contributed by atoms with van der Waals surface area (Å²) < 4.78 is 0. The molecule has 166 valence electrons. The van der Waals surface area contributed by atoms with Crippen molar-refractivity contribution in [1.82, 2.24) is 14.8 Å². The second kappa shape index (κ2) is 9.49. The zero-order valence-corrected chi connectivity index (χ0v) is 19.0. The Balaban J connectivity index is 1.69.